The minimum Gasteiger partial charge on any atom is -0.360 e. The molecule has 0 radical (unpaired) electrons. The number of carbonyl (C=O) groups is 1. The van der Waals surface area contributed by atoms with Crippen molar-refractivity contribution in [1.82, 2.24) is 10.1 Å². The van der Waals surface area contributed by atoms with Crippen LogP contribution in [0.5, 0.6) is 0 Å². The number of hydrogen-bond donors (Lipinski definition) is 0. The van der Waals surface area contributed by atoms with E-state index in [9.17, 15) is 4.79 Å². The largest absolute Gasteiger partial charge is 0.360 e. The van der Waals surface area contributed by atoms with Crippen LogP contribution in [0, 0.1) is 5.92 Å². The lowest BCUT2D eigenvalue weighted by atomic mass is 9.84. The highest BCUT2D eigenvalue weighted by Gasteiger charge is 2.34. The molecule has 1 aliphatic carbocycles. The van der Waals surface area contributed by atoms with Gasteiger partial charge in [0.1, 0.15) is 11.5 Å². The predicted octanol–water partition coefficient (Wildman–Crippen LogP) is 2.65. The van der Waals surface area contributed by atoms with E-state index in [0.29, 0.717) is 11.3 Å². The molecule has 1 aromatic heterocycles. The molecule has 1 unspecified atom stereocenters. The molecule has 104 valence electrons. The molecule has 0 aliphatic heterocycles. The van der Waals surface area contributed by atoms with Gasteiger partial charge in [0.15, 0.2) is 5.78 Å². The summed E-state index contributed by atoms with van der Waals surface area (Å²) in [5.41, 5.74) is 2.32. The van der Waals surface area contributed by atoms with Crippen LogP contribution in [0.15, 0.2) is 34.9 Å². The van der Waals surface area contributed by atoms with E-state index in [-0.39, 0.29) is 11.7 Å². The Kier molecular flexibility index (Phi) is 3.40. The first-order chi connectivity index (χ1) is 9.66. The van der Waals surface area contributed by atoms with E-state index >= 15 is 0 Å². The molecule has 1 aliphatic rings. The topological polar surface area (TPSA) is 46.3 Å². The van der Waals surface area contributed by atoms with Crippen molar-refractivity contribution >= 4 is 5.78 Å². The Morgan fingerprint density at radius 1 is 1.30 bits per heavy atom. The molecule has 0 saturated carbocycles. The summed E-state index contributed by atoms with van der Waals surface area (Å²) >= 11 is 0. The van der Waals surface area contributed by atoms with Crippen molar-refractivity contribution < 1.29 is 9.32 Å². The minimum absolute atomic E-state index is 0.0411. The summed E-state index contributed by atoms with van der Waals surface area (Å²) in [5, 5.41) is 4.12. The molecule has 1 atom stereocenters. The second-order valence-corrected chi connectivity index (χ2v) is 5.56. The molecule has 0 amide bonds. The molecular weight excluding hydrogens is 252 g/mol. The van der Waals surface area contributed by atoms with E-state index in [1.54, 1.807) is 0 Å². The third-order valence-electron chi connectivity index (χ3n) is 3.73. The van der Waals surface area contributed by atoms with E-state index in [1.807, 2.05) is 44.4 Å². The number of fused-ring (bicyclic) bond motifs is 1. The zero-order chi connectivity index (χ0) is 14.1. The van der Waals surface area contributed by atoms with Gasteiger partial charge in [0, 0.05) is 24.4 Å². The van der Waals surface area contributed by atoms with Gasteiger partial charge in [-0.2, -0.15) is 0 Å². The molecule has 4 nitrogen and oxygen atoms in total. The molecule has 0 fully saturated rings. The maximum absolute atomic E-state index is 12.7. The van der Waals surface area contributed by atoms with Gasteiger partial charge in [-0.1, -0.05) is 35.5 Å². The van der Waals surface area contributed by atoms with Gasteiger partial charge >= 0.3 is 0 Å². The summed E-state index contributed by atoms with van der Waals surface area (Å²) in [6.45, 7) is 0.775. The molecule has 4 heteroatoms. The molecule has 0 saturated heterocycles. The van der Waals surface area contributed by atoms with Gasteiger partial charge in [0.05, 0.1) is 5.56 Å². The lowest BCUT2D eigenvalue weighted by Crippen LogP contribution is -2.31. The normalized spacial score (nSPS) is 18.4. The van der Waals surface area contributed by atoms with E-state index < -0.39 is 0 Å². The number of ketones is 1. The van der Waals surface area contributed by atoms with Crippen LogP contribution in [0.25, 0.3) is 11.3 Å². The first-order valence-corrected chi connectivity index (χ1v) is 6.89. The third kappa shape index (κ3) is 2.27. The molecule has 20 heavy (non-hydrogen) atoms. The quantitative estimate of drug-likeness (QED) is 0.860. The Morgan fingerprint density at radius 2 is 2.05 bits per heavy atom. The SMILES string of the molecule is CN(C)CC1CCc2onc(-c3ccccc3)c2C1=O. The summed E-state index contributed by atoms with van der Waals surface area (Å²) < 4.78 is 5.38. The van der Waals surface area contributed by atoms with Gasteiger partial charge in [-0.25, -0.2) is 0 Å². The standard InChI is InChI=1S/C16H18N2O2/c1-18(2)10-12-8-9-13-14(16(12)19)15(17-20-13)11-6-4-3-5-7-11/h3-7,12H,8-10H2,1-2H3. The summed E-state index contributed by atoms with van der Waals surface area (Å²) in [5.74, 6) is 0.947. The van der Waals surface area contributed by atoms with Crippen LogP contribution in [-0.4, -0.2) is 36.5 Å². The van der Waals surface area contributed by atoms with Gasteiger partial charge in [0.2, 0.25) is 0 Å². The first kappa shape index (κ1) is 13.1. The highest BCUT2D eigenvalue weighted by atomic mass is 16.5. The highest BCUT2D eigenvalue weighted by molar-refractivity contribution is 6.04. The Hall–Kier alpha value is -1.94. The maximum Gasteiger partial charge on any atom is 0.173 e. The minimum atomic E-state index is 0.0411. The van der Waals surface area contributed by atoms with Crippen LogP contribution in [0.3, 0.4) is 0 Å². The Bertz CT molecular complexity index is 617. The number of hydrogen-bond acceptors (Lipinski definition) is 4. The molecule has 0 bridgehead atoms. The molecule has 0 spiro atoms. The number of benzene rings is 1. The van der Waals surface area contributed by atoms with Crippen molar-refractivity contribution in [2.24, 2.45) is 5.92 Å². The monoisotopic (exact) mass is 270 g/mol. The summed E-state index contributed by atoms with van der Waals surface area (Å²) in [4.78, 5) is 14.7. The van der Waals surface area contributed by atoms with Crippen molar-refractivity contribution in [3.8, 4) is 11.3 Å². The summed E-state index contributed by atoms with van der Waals surface area (Å²) in [7, 11) is 3.99. The van der Waals surface area contributed by atoms with E-state index in [0.717, 1.165) is 30.7 Å². The smallest absolute Gasteiger partial charge is 0.173 e. The van der Waals surface area contributed by atoms with Crippen molar-refractivity contribution in [3.63, 3.8) is 0 Å². The van der Waals surface area contributed by atoms with Crippen LogP contribution in [0.1, 0.15) is 22.5 Å². The van der Waals surface area contributed by atoms with Crippen LogP contribution >= 0.6 is 0 Å². The fraction of sp³-hybridized carbons (Fsp3) is 0.375. The number of aromatic nitrogens is 1. The second-order valence-electron chi connectivity index (χ2n) is 5.56. The number of aryl methyl sites for hydroxylation is 1. The van der Waals surface area contributed by atoms with E-state index in [1.165, 1.54) is 0 Å². The van der Waals surface area contributed by atoms with Crippen molar-refractivity contribution in [1.29, 1.82) is 0 Å². The van der Waals surface area contributed by atoms with Crippen LogP contribution in [0.2, 0.25) is 0 Å². The molecule has 3 rings (SSSR count). The van der Waals surface area contributed by atoms with Crippen LogP contribution in [0.4, 0.5) is 0 Å². The molecule has 0 N–H and O–H groups in total. The molecule has 1 aromatic carbocycles. The summed E-state index contributed by atoms with van der Waals surface area (Å²) in [6.07, 6.45) is 1.63. The average Bonchev–Trinajstić information content (AvgIpc) is 2.87. The van der Waals surface area contributed by atoms with Crippen molar-refractivity contribution in [2.75, 3.05) is 20.6 Å². The highest BCUT2D eigenvalue weighted by Crippen LogP contribution is 2.33. The van der Waals surface area contributed by atoms with Crippen LogP contribution in [-0.2, 0) is 6.42 Å². The maximum atomic E-state index is 12.7. The Morgan fingerprint density at radius 3 is 2.75 bits per heavy atom. The zero-order valence-corrected chi connectivity index (χ0v) is 11.8. The molecule has 2 aromatic rings. The lowest BCUT2D eigenvalue weighted by molar-refractivity contribution is 0.0872. The van der Waals surface area contributed by atoms with Crippen LogP contribution < -0.4 is 0 Å². The Balaban J connectivity index is 1.99. The van der Waals surface area contributed by atoms with Gasteiger partial charge < -0.3 is 9.42 Å². The third-order valence-corrected chi connectivity index (χ3v) is 3.73. The van der Waals surface area contributed by atoms with E-state index in [4.69, 9.17) is 4.52 Å². The molecular formula is C16H18N2O2. The number of nitrogens with zero attached hydrogens (tertiary/aromatic N) is 2. The summed E-state index contributed by atoms with van der Waals surface area (Å²) in [6, 6.07) is 9.76. The Labute approximate surface area is 118 Å². The average molecular weight is 270 g/mol. The van der Waals surface area contributed by atoms with Crippen molar-refractivity contribution in [3.05, 3.63) is 41.7 Å². The zero-order valence-electron chi connectivity index (χ0n) is 11.8. The number of Topliss-reactive ketones (excluding diaryl/α,β-unsaturated/α-hetero) is 1. The second kappa shape index (κ2) is 5.21. The molecule has 1 heterocycles. The predicted molar refractivity (Wildman–Crippen MR) is 76.6 cm³/mol. The fourth-order valence-corrected chi connectivity index (χ4v) is 2.80. The van der Waals surface area contributed by atoms with Gasteiger partial charge in [-0.15, -0.1) is 0 Å². The number of rotatable bonds is 3. The van der Waals surface area contributed by atoms with Gasteiger partial charge in [-0.3, -0.25) is 4.79 Å². The van der Waals surface area contributed by atoms with Gasteiger partial charge in [-0.05, 0) is 20.5 Å². The number of carbonyl (C=O) groups excluding carboxylic acids is 1. The van der Waals surface area contributed by atoms with Gasteiger partial charge in [0.25, 0.3) is 0 Å². The van der Waals surface area contributed by atoms with Crippen molar-refractivity contribution in [2.45, 2.75) is 12.8 Å². The van der Waals surface area contributed by atoms with E-state index in [2.05, 4.69) is 10.1 Å². The lowest BCUT2D eigenvalue weighted by Gasteiger charge is -2.23. The fourth-order valence-electron chi connectivity index (χ4n) is 2.80. The first-order valence-electron chi connectivity index (χ1n) is 6.89.